The molecule has 3 atom stereocenters. The fourth-order valence-corrected chi connectivity index (χ4v) is 4.41. The van der Waals surface area contributed by atoms with Crippen molar-refractivity contribution in [3.63, 3.8) is 0 Å². The molecule has 19 heavy (non-hydrogen) atoms. The summed E-state index contributed by atoms with van der Waals surface area (Å²) in [5.41, 5.74) is 0.836. The Bertz CT molecular complexity index is 565. The number of sulfonamides is 1. The maximum Gasteiger partial charge on any atom is 0.215 e. The lowest BCUT2D eigenvalue weighted by Gasteiger charge is -2.18. The number of benzene rings is 1. The monoisotopic (exact) mass is 277 g/mol. The van der Waals surface area contributed by atoms with Crippen molar-refractivity contribution in [3.8, 4) is 0 Å². The van der Waals surface area contributed by atoms with E-state index in [-0.39, 0.29) is 5.75 Å². The van der Waals surface area contributed by atoms with Crippen LogP contribution in [0.15, 0.2) is 42.5 Å². The van der Waals surface area contributed by atoms with Crippen molar-refractivity contribution in [2.45, 2.75) is 18.6 Å². The molecule has 3 nitrogen and oxygen atoms in total. The molecule has 3 rings (SSSR count). The Balaban J connectivity index is 1.56. The third-order valence-corrected chi connectivity index (χ3v) is 5.50. The van der Waals surface area contributed by atoms with E-state index < -0.39 is 10.0 Å². The molecule has 0 spiro atoms. The van der Waals surface area contributed by atoms with Gasteiger partial charge in [0.25, 0.3) is 0 Å². The first-order valence-electron chi connectivity index (χ1n) is 6.82. The van der Waals surface area contributed by atoms with Gasteiger partial charge in [-0.15, -0.1) is 0 Å². The highest BCUT2D eigenvalue weighted by atomic mass is 32.2. The lowest BCUT2D eigenvalue weighted by atomic mass is 9.94. The summed E-state index contributed by atoms with van der Waals surface area (Å²) < 4.78 is 26.8. The third-order valence-electron chi connectivity index (χ3n) is 4.18. The molecule has 0 saturated heterocycles. The lowest BCUT2D eigenvalue weighted by Crippen LogP contribution is -2.31. The molecule has 0 heterocycles. The van der Waals surface area contributed by atoms with Crippen LogP contribution in [0.3, 0.4) is 0 Å². The predicted molar refractivity (Wildman–Crippen MR) is 75.9 cm³/mol. The van der Waals surface area contributed by atoms with Crippen LogP contribution in [0.5, 0.6) is 0 Å². The van der Waals surface area contributed by atoms with E-state index in [0.29, 0.717) is 24.3 Å². The van der Waals surface area contributed by atoms with E-state index in [1.54, 1.807) is 0 Å². The SMILES string of the molecule is O=S(=O)(Cc1ccccc1)NC[C@@H]1C[C@H]2C=C[C@H]1C2. The molecule has 0 aliphatic heterocycles. The quantitative estimate of drug-likeness (QED) is 0.840. The van der Waals surface area contributed by atoms with E-state index in [1.165, 1.54) is 6.42 Å². The van der Waals surface area contributed by atoms with Gasteiger partial charge in [-0.2, -0.15) is 0 Å². The zero-order chi connectivity index (χ0) is 13.3. The molecule has 0 unspecified atom stereocenters. The Morgan fingerprint density at radius 3 is 2.53 bits per heavy atom. The van der Waals surface area contributed by atoms with Crippen LogP contribution < -0.4 is 4.72 Å². The van der Waals surface area contributed by atoms with E-state index in [1.807, 2.05) is 30.3 Å². The fraction of sp³-hybridized carbons (Fsp3) is 0.467. The van der Waals surface area contributed by atoms with Gasteiger partial charge in [0.05, 0.1) is 5.75 Å². The number of hydrogen-bond donors (Lipinski definition) is 1. The fourth-order valence-electron chi connectivity index (χ4n) is 3.21. The summed E-state index contributed by atoms with van der Waals surface area (Å²) in [6.45, 7) is 0.584. The van der Waals surface area contributed by atoms with Gasteiger partial charge in [-0.25, -0.2) is 13.1 Å². The second-order valence-corrected chi connectivity index (χ2v) is 7.44. The number of hydrogen-bond acceptors (Lipinski definition) is 2. The summed E-state index contributed by atoms with van der Waals surface area (Å²) in [6.07, 6.45) is 6.88. The minimum atomic E-state index is -3.21. The summed E-state index contributed by atoms with van der Waals surface area (Å²) in [7, 11) is -3.21. The smallest absolute Gasteiger partial charge is 0.215 e. The molecule has 4 heteroatoms. The average Bonchev–Trinajstić information content (AvgIpc) is 2.99. The van der Waals surface area contributed by atoms with Gasteiger partial charge in [-0.1, -0.05) is 42.5 Å². The minimum absolute atomic E-state index is 0.0739. The van der Waals surface area contributed by atoms with Gasteiger partial charge in [-0.05, 0) is 36.2 Å². The van der Waals surface area contributed by atoms with Crippen LogP contribution in [0.25, 0.3) is 0 Å². The zero-order valence-electron chi connectivity index (χ0n) is 10.8. The van der Waals surface area contributed by atoms with Gasteiger partial charge in [0.2, 0.25) is 10.0 Å². The van der Waals surface area contributed by atoms with Crippen LogP contribution in [0.1, 0.15) is 18.4 Å². The minimum Gasteiger partial charge on any atom is -0.215 e. The summed E-state index contributed by atoms with van der Waals surface area (Å²) in [5, 5.41) is 0. The van der Waals surface area contributed by atoms with Crippen molar-refractivity contribution in [1.82, 2.24) is 4.72 Å². The number of rotatable bonds is 5. The molecule has 2 bridgehead atoms. The second-order valence-electron chi connectivity index (χ2n) is 5.63. The number of allylic oxidation sites excluding steroid dienone is 2. The topological polar surface area (TPSA) is 46.2 Å². The maximum atomic E-state index is 12.0. The molecule has 2 aliphatic carbocycles. The highest BCUT2D eigenvalue weighted by Gasteiger charge is 2.35. The van der Waals surface area contributed by atoms with Gasteiger partial charge in [0.1, 0.15) is 0 Å². The molecule has 1 N–H and O–H groups in total. The highest BCUT2D eigenvalue weighted by Crippen LogP contribution is 2.42. The van der Waals surface area contributed by atoms with Crippen LogP contribution in [0.4, 0.5) is 0 Å². The van der Waals surface area contributed by atoms with E-state index in [0.717, 1.165) is 12.0 Å². The van der Waals surface area contributed by atoms with Gasteiger partial charge >= 0.3 is 0 Å². The number of nitrogens with one attached hydrogen (secondary N) is 1. The lowest BCUT2D eigenvalue weighted by molar-refractivity contribution is 0.440. The van der Waals surface area contributed by atoms with Crippen LogP contribution in [-0.4, -0.2) is 15.0 Å². The summed E-state index contributed by atoms with van der Waals surface area (Å²) in [4.78, 5) is 0. The van der Waals surface area contributed by atoms with Gasteiger partial charge in [0.15, 0.2) is 0 Å². The van der Waals surface area contributed by atoms with Crippen molar-refractivity contribution in [2.75, 3.05) is 6.54 Å². The number of fused-ring (bicyclic) bond motifs is 2. The molecule has 102 valence electrons. The van der Waals surface area contributed by atoms with Gasteiger partial charge in [-0.3, -0.25) is 0 Å². The van der Waals surface area contributed by atoms with Crippen molar-refractivity contribution >= 4 is 10.0 Å². The Morgan fingerprint density at radius 1 is 1.11 bits per heavy atom. The van der Waals surface area contributed by atoms with Crippen LogP contribution in [-0.2, 0) is 15.8 Å². The largest absolute Gasteiger partial charge is 0.215 e. The van der Waals surface area contributed by atoms with Crippen molar-refractivity contribution in [3.05, 3.63) is 48.0 Å². The molecule has 1 aromatic carbocycles. The molecular formula is C15H19NO2S. The Morgan fingerprint density at radius 2 is 1.89 bits per heavy atom. The maximum absolute atomic E-state index is 12.0. The molecule has 0 aromatic heterocycles. The first-order valence-corrected chi connectivity index (χ1v) is 8.47. The third kappa shape index (κ3) is 3.07. The van der Waals surface area contributed by atoms with Gasteiger partial charge < -0.3 is 0 Å². The van der Waals surface area contributed by atoms with E-state index in [9.17, 15) is 8.42 Å². The molecule has 1 aromatic rings. The molecule has 0 amide bonds. The van der Waals surface area contributed by atoms with Crippen molar-refractivity contribution in [1.29, 1.82) is 0 Å². The average molecular weight is 277 g/mol. The molecule has 2 aliphatic rings. The van der Waals surface area contributed by atoms with Crippen LogP contribution in [0.2, 0.25) is 0 Å². The zero-order valence-corrected chi connectivity index (χ0v) is 11.6. The van der Waals surface area contributed by atoms with E-state index >= 15 is 0 Å². The van der Waals surface area contributed by atoms with E-state index in [4.69, 9.17) is 0 Å². The van der Waals surface area contributed by atoms with Crippen molar-refractivity contribution in [2.24, 2.45) is 17.8 Å². The normalized spacial score (nSPS) is 28.9. The summed E-state index contributed by atoms with van der Waals surface area (Å²) in [5.74, 6) is 1.84. The Labute approximate surface area is 114 Å². The Kier molecular flexibility index (Phi) is 3.46. The molecule has 1 saturated carbocycles. The first kappa shape index (κ1) is 12.9. The molecule has 0 radical (unpaired) electrons. The molecule has 1 fully saturated rings. The second kappa shape index (κ2) is 5.10. The van der Waals surface area contributed by atoms with E-state index in [2.05, 4.69) is 16.9 Å². The Hall–Kier alpha value is -1.13. The van der Waals surface area contributed by atoms with Crippen LogP contribution >= 0.6 is 0 Å². The highest BCUT2D eigenvalue weighted by molar-refractivity contribution is 7.88. The molecular weight excluding hydrogens is 258 g/mol. The van der Waals surface area contributed by atoms with Gasteiger partial charge in [0, 0.05) is 6.54 Å². The van der Waals surface area contributed by atoms with Crippen LogP contribution in [0, 0.1) is 17.8 Å². The predicted octanol–water partition coefficient (Wildman–Crippen LogP) is 2.32. The first-order chi connectivity index (χ1) is 9.12. The standard InChI is InChI=1S/C15H19NO2S/c17-19(18,11-12-4-2-1-3-5-12)16-10-15-9-13-6-7-14(15)8-13/h1-7,13-16H,8-11H2/t13-,14-,15-/m0/s1. The summed E-state index contributed by atoms with van der Waals surface area (Å²) in [6, 6.07) is 9.32. The summed E-state index contributed by atoms with van der Waals surface area (Å²) >= 11 is 0. The van der Waals surface area contributed by atoms with Crippen molar-refractivity contribution < 1.29 is 8.42 Å².